The summed E-state index contributed by atoms with van der Waals surface area (Å²) in [5.41, 5.74) is 8.03. The van der Waals surface area contributed by atoms with Crippen LogP contribution in [0.1, 0.15) is 29.4 Å². The highest BCUT2D eigenvalue weighted by Crippen LogP contribution is 2.13. The van der Waals surface area contributed by atoms with Crippen LogP contribution in [-0.2, 0) is 0 Å². The Kier molecular flexibility index (Phi) is 4.53. The Morgan fingerprint density at radius 2 is 2.10 bits per heavy atom. The van der Waals surface area contributed by atoms with Gasteiger partial charge in [-0.25, -0.2) is 4.68 Å². The largest absolute Gasteiger partial charge is 0.352 e. The maximum Gasteiger partial charge on any atom is 0.254 e. The van der Waals surface area contributed by atoms with E-state index in [9.17, 15) is 4.79 Å². The summed E-state index contributed by atoms with van der Waals surface area (Å²) in [4.78, 5) is 12.1. The van der Waals surface area contributed by atoms with Crippen molar-refractivity contribution in [1.29, 1.82) is 0 Å². The minimum atomic E-state index is -0.106. The molecular formula is C15H20N4O. The van der Waals surface area contributed by atoms with Crippen molar-refractivity contribution in [2.75, 3.05) is 6.54 Å². The minimum absolute atomic E-state index is 0.0865. The van der Waals surface area contributed by atoms with E-state index in [-0.39, 0.29) is 11.9 Å². The fourth-order valence-corrected chi connectivity index (χ4v) is 1.97. The number of aromatic nitrogens is 2. The molecule has 0 aliphatic carbocycles. The molecule has 1 heterocycles. The second-order valence-electron chi connectivity index (χ2n) is 4.91. The van der Waals surface area contributed by atoms with Crippen molar-refractivity contribution in [2.24, 2.45) is 5.73 Å². The highest BCUT2D eigenvalue weighted by atomic mass is 16.1. The summed E-state index contributed by atoms with van der Waals surface area (Å²) in [5.74, 6) is -0.106. The molecule has 1 unspecified atom stereocenters. The summed E-state index contributed by atoms with van der Waals surface area (Å²) in [6.45, 7) is 4.39. The van der Waals surface area contributed by atoms with Gasteiger partial charge in [0.1, 0.15) is 0 Å². The van der Waals surface area contributed by atoms with Crippen LogP contribution in [0.5, 0.6) is 0 Å². The van der Waals surface area contributed by atoms with Crippen molar-refractivity contribution in [2.45, 2.75) is 26.3 Å². The van der Waals surface area contributed by atoms with Crippen molar-refractivity contribution in [3.63, 3.8) is 0 Å². The molecule has 0 radical (unpaired) electrons. The molecular weight excluding hydrogens is 252 g/mol. The third-order valence-corrected chi connectivity index (χ3v) is 3.14. The molecule has 3 N–H and O–H groups in total. The fourth-order valence-electron chi connectivity index (χ4n) is 1.97. The van der Waals surface area contributed by atoms with Crippen LogP contribution in [0, 0.1) is 6.92 Å². The molecule has 0 saturated carbocycles. The van der Waals surface area contributed by atoms with Gasteiger partial charge in [0.05, 0.1) is 23.1 Å². The maximum absolute atomic E-state index is 12.1. The van der Waals surface area contributed by atoms with E-state index in [0.717, 1.165) is 17.8 Å². The van der Waals surface area contributed by atoms with Crippen LogP contribution in [0.25, 0.3) is 5.69 Å². The molecule has 5 heteroatoms. The van der Waals surface area contributed by atoms with E-state index in [1.165, 1.54) is 0 Å². The molecule has 2 aromatic rings. The zero-order valence-corrected chi connectivity index (χ0v) is 11.8. The predicted octanol–water partition coefficient (Wildman–Crippen LogP) is 1.65. The number of para-hydroxylation sites is 1. The molecule has 0 fully saturated rings. The standard InChI is InChI=1S/C15H20N4O/c1-11(16)8-9-17-15(20)14-10-18-19(12(14)2)13-6-4-3-5-7-13/h3-7,10-11H,8-9,16H2,1-2H3,(H,17,20). The van der Waals surface area contributed by atoms with Gasteiger partial charge in [-0.05, 0) is 32.4 Å². The van der Waals surface area contributed by atoms with Crippen molar-refractivity contribution >= 4 is 5.91 Å². The number of nitrogens with zero attached hydrogens (tertiary/aromatic N) is 2. The maximum atomic E-state index is 12.1. The van der Waals surface area contributed by atoms with Crippen LogP contribution in [0.2, 0.25) is 0 Å². The normalized spacial score (nSPS) is 12.2. The molecule has 1 atom stereocenters. The number of nitrogens with two attached hydrogens (primary N) is 1. The second kappa shape index (κ2) is 6.34. The highest BCUT2D eigenvalue weighted by molar-refractivity contribution is 5.95. The molecule has 20 heavy (non-hydrogen) atoms. The quantitative estimate of drug-likeness (QED) is 0.869. The molecule has 1 aromatic heterocycles. The van der Waals surface area contributed by atoms with Gasteiger partial charge in [0.2, 0.25) is 0 Å². The molecule has 106 valence electrons. The Morgan fingerprint density at radius 1 is 1.40 bits per heavy atom. The number of benzene rings is 1. The van der Waals surface area contributed by atoms with Gasteiger partial charge in [0, 0.05) is 12.6 Å². The number of rotatable bonds is 5. The third-order valence-electron chi connectivity index (χ3n) is 3.14. The predicted molar refractivity (Wildman–Crippen MR) is 78.9 cm³/mol. The molecule has 0 saturated heterocycles. The first-order chi connectivity index (χ1) is 9.59. The van der Waals surface area contributed by atoms with Crippen molar-refractivity contribution in [1.82, 2.24) is 15.1 Å². The zero-order valence-electron chi connectivity index (χ0n) is 11.8. The summed E-state index contributed by atoms with van der Waals surface area (Å²) in [5, 5.41) is 7.15. The Morgan fingerprint density at radius 3 is 2.75 bits per heavy atom. The second-order valence-corrected chi connectivity index (χ2v) is 4.91. The smallest absolute Gasteiger partial charge is 0.254 e. The summed E-state index contributed by atoms with van der Waals surface area (Å²) >= 11 is 0. The Bertz CT molecular complexity index is 575. The number of carbonyl (C=O) groups is 1. The lowest BCUT2D eigenvalue weighted by Crippen LogP contribution is -2.29. The molecule has 1 aromatic carbocycles. The van der Waals surface area contributed by atoms with Gasteiger partial charge in [0.25, 0.3) is 5.91 Å². The number of nitrogens with one attached hydrogen (secondary N) is 1. The van der Waals surface area contributed by atoms with Gasteiger partial charge >= 0.3 is 0 Å². The summed E-state index contributed by atoms with van der Waals surface area (Å²) < 4.78 is 1.76. The van der Waals surface area contributed by atoms with Gasteiger partial charge < -0.3 is 11.1 Å². The molecule has 2 rings (SSSR count). The first kappa shape index (κ1) is 14.3. The van der Waals surface area contributed by atoms with Gasteiger partial charge in [-0.2, -0.15) is 5.10 Å². The minimum Gasteiger partial charge on any atom is -0.352 e. The molecule has 1 amide bonds. The lowest BCUT2D eigenvalue weighted by atomic mass is 10.2. The molecule has 0 aliphatic heterocycles. The first-order valence-electron chi connectivity index (χ1n) is 6.73. The van der Waals surface area contributed by atoms with Crippen LogP contribution < -0.4 is 11.1 Å². The van der Waals surface area contributed by atoms with E-state index < -0.39 is 0 Å². The fraction of sp³-hybridized carbons (Fsp3) is 0.333. The van der Waals surface area contributed by atoms with Gasteiger partial charge in [0.15, 0.2) is 0 Å². The van der Waals surface area contributed by atoms with Crippen LogP contribution in [0.3, 0.4) is 0 Å². The summed E-state index contributed by atoms with van der Waals surface area (Å²) in [6.07, 6.45) is 2.36. The number of carbonyl (C=O) groups excluding carboxylic acids is 1. The SMILES string of the molecule is Cc1c(C(=O)NCCC(C)N)cnn1-c1ccccc1. The van der Waals surface area contributed by atoms with Crippen molar-refractivity contribution < 1.29 is 4.79 Å². The van der Waals surface area contributed by atoms with Gasteiger partial charge in [-0.15, -0.1) is 0 Å². The van der Waals surface area contributed by atoms with Gasteiger partial charge in [-0.3, -0.25) is 4.79 Å². The van der Waals surface area contributed by atoms with Gasteiger partial charge in [-0.1, -0.05) is 18.2 Å². The topological polar surface area (TPSA) is 72.9 Å². The van der Waals surface area contributed by atoms with Crippen LogP contribution in [0.4, 0.5) is 0 Å². The Labute approximate surface area is 118 Å². The van der Waals surface area contributed by atoms with E-state index in [2.05, 4.69) is 10.4 Å². The van der Waals surface area contributed by atoms with E-state index in [0.29, 0.717) is 12.1 Å². The summed E-state index contributed by atoms with van der Waals surface area (Å²) in [6, 6.07) is 9.83. The first-order valence-corrected chi connectivity index (χ1v) is 6.73. The van der Waals surface area contributed by atoms with E-state index in [1.54, 1.807) is 10.9 Å². The molecule has 0 spiro atoms. The van der Waals surface area contributed by atoms with Crippen molar-refractivity contribution in [3.05, 3.63) is 47.8 Å². The number of hydrogen-bond donors (Lipinski definition) is 2. The summed E-state index contributed by atoms with van der Waals surface area (Å²) in [7, 11) is 0. The molecule has 0 bridgehead atoms. The van der Waals surface area contributed by atoms with Crippen LogP contribution in [-0.4, -0.2) is 28.3 Å². The number of amides is 1. The van der Waals surface area contributed by atoms with E-state index in [4.69, 9.17) is 5.73 Å². The van der Waals surface area contributed by atoms with Crippen LogP contribution in [0.15, 0.2) is 36.5 Å². The molecule has 5 nitrogen and oxygen atoms in total. The number of hydrogen-bond acceptors (Lipinski definition) is 3. The average Bonchev–Trinajstić information content (AvgIpc) is 2.81. The molecule has 0 aliphatic rings. The van der Waals surface area contributed by atoms with E-state index in [1.807, 2.05) is 44.2 Å². The highest BCUT2D eigenvalue weighted by Gasteiger charge is 2.14. The van der Waals surface area contributed by atoms with Crippen LogP contribution >= 0.6 is 0 Å². The lowest BCUT2D eigenvalue weighted by molar-refractivity contribution is 0.0952. The van der Waals surface area contributed by atoms with E-state index >= 15 is 0 Å². The zero-order chi connectivity index (χ0) is 14.5. The van der Waals surface area contributed by atoms with Crippen molar-refractivity contribution in [3.8, 4) is 5.69 Å². The Balaban J connectivity index is 2.11. The lowest BCUT2D eigenvalue weighted by Gasteiger charge is -2.07. The Hall–Kier alpha value is -2.14. The third kappa shape index (κ3) is 3.24. The average molecular weight is 272 g/mol. The monoisotopic (exact) mass is 272 g/mol.